The third-order valence-corrected chi connectivity index (χ3v) is 3.76. The lowest BCUT2D eigenvalue weighted by molar-refractivity contribution is 0.0730. The Balaban J connectivity index is 2.92. The number of nitrogens with zero attached hydrogens (tertiary/aromatic N) is 1. The van der Waals surface area contributed by atoms with Crippen molar-refractivity contribution in [2.24, 2.45) is 5.92 Å². The largest absolute Gasteiger partial charge is 0.339 e. The molecule has 1 aromatic rings. The van der Waals surface area contributed by atoms with Crippen LogP contribution in [0.4, 0.5) is 4.39 Å². The summed E-state index contributed by atoms with van der Waals surface area (Å²) in [6.07, 6.45) is 2.05. The van der Waals surface area contributed by atoms with Crippen LogP contribution in [0.2, 0.25) is 0 Å². The molecule has 0 atom stereocenters. The summed E-state index contributed by atoms with van der Waals surface area (Å²) < 4.78 is 13.7. The van der Waals surface area contributed by atoms with E-state index in [0.717, 1.165) is 12.8 Å². The average molecular weight is 283 g/mol. The van der Waals surface area contributed by atoms with Crippen LogP contribution in [0, 0.1) is 11.7 Å². The Morgan fingerprint density at radius 1 is 1.32 bits per heavy atom. The average Bonchev–Trinajstić information content (AvgIpc) is 2.42. The van der Waals surface area contributed by atoms with Gasteiger partial charge in [0.2, 0.25) is 0 Å². The summed E-state index contributed by atoms with van der Waals surface area (Å²) in [5, 5.41) is 0. The van der Waals surface area contributed by atoms with E-state index in [0.29, 0.717) is 23.9 Å². The van der Waals surface area contributed by atoms with Gasteiger partial charge in [0, 0.05) is 18.0 Å². The second-order valence-electron chi connectivity index (χ2n) is 4.69. The van der Waals surface area contributed by atoms with Gasteiger partial charge in [-0.1, -0.05) is 26.7 Å². The highest BCUT2D eigenvalue weighted by atomic mass is 32.1. The number of hydrogen-bond acceptors (Lipinski definition) is 2. The van der Waals surface area contributed by atoms with Gasteiger partial charge in [-0.25, -0.2) is 4.39 Å². The molecule has 0 bridgehead atoms. The van der Waals surface area contributed by atoms with E-state index in [4.69, 9.17) is 0 Å². The van der Waals surface area contributed by atoms with Crippen molar-refractivity contribution in [3.05, 3.63) is 29.6 Å². The van der Waals surface area contributed by atoms with Crippen LogP contribution in [-0.2, 0) is 0 Å². The van der Waals surface area contributed by atoms with Crippen LogP contribution in [0.5, 0.6) is 0 Å². The molecule has 0 heterocycles. The molecular weight excluding hydrogens is 261 g/mol. The van der Waals surface area contributed by atoms with Crippen LogP contribution in [0.3, 0.4) is 0 Å². The predicted molar refractivity (Wildman–Crippen MR) is 79.3 cm³/mol. The third kappa shape index (κ3) is 4.23. The van der Waals surface area contributed by atoms with Crippen molar-refractivity contribution in [3.63, 3.8) is 0 Å². The van der Waals surface area contributed by atoms with Crippen LogP contribution >= 0.6 is 12.6 Å². The molecule has 0 unspecified atom stereocenters. The van der Waals surface area contributed by atoms with Gasteiger partial charge < -0.3 is 4.90 Å². The van der Waals surface area contributed by atoms with Crippen molar-refractivity contribution in [3.8, 4) is 0 Å². The molecule has 0 spiro atoms. The highest BCUT2D eigenvalue weighted by molar-refractivity contribution is 7.80. The SMILES string of the molecule is CCC(CC)CN(CC)C(=O)c1cc(S)ccc1F. The van der Waals surface area contributed by atoms with Crippen LogP contribution < -0.4 is 0 Å². The molecule has 4 heteroatoms. The van der Waals surface area contributed by atoms with Gasteiger partial charge in [0.05, 0.1) is 5.56 Å². The maximum absolute atomic E-state index is 13.7. The fraction of sp³-hybridized carbons (Fsp3) is 0.533. The number of amides is 1. The van der Waals surface area contributed by atoms with E-state index >= 15 is 0 Å². The van der Waals surface area contributed by atoms with Crippen molar-refractivity contribution in [2.45, 2.75) is 38.5 Å². The van der Waals surface area contributed by atoms with Crippen molar-refractivity contribution < 1.29 is 9.18 Å². The van der Waals surface area contributed by atoms with Gasteiger partial charge in [-0.05, 0) is 31.0 Å². The molecule has 1 rings (SSSR count). The zero-order valence-corrected chi connectivity index (χ0v) is 12.7. The molecule has 0 saturated heterocycles. The monoisotopic (exact) mass is 283 g/mol. The number of benzene rings is 1. The minimum atomic E-state index is -0.481. The van der Waals surface area contributed by atoms with Crippen LogP contribution in [0.25, 0.3) is 0 Å². The second kappa shape index (κ2) is 7.53. The third-order valence-electron chi connectivity index (χ3n) is 3.48. The highest BCUT2D eigenvalue weighted by Crippen LogP contribution is 2.17. The van der Waals surface area contributed by atoms with Gasteiger partial charge in [0.25, 0.3) is 5.91 Å². The number of halogens is 1. The smallest absolute Gasteiger partial charge is 0.256 e. The Morgan fingerprint density at radius 2 is 1.95 bits per heavy atom. The molecule has 106 valence electrons. The molecule has 0 N–H and O–H groups in total. The first-order chi connectivity index (χ1) is 9.03. The minimum Gasteiger partial charge on any atom is -0.339 e. The molecular formula is C15H22FNOS. The van der Waals surface area contributed by atoms with Crippen molar-refractivity contribution in [2.75, 3.05) is 13.1 Å². The van der Waals surface area contributed by atoms with Crippen LogP contribution in [0.1, 0.15) is 44.0 Å². The van der Waals surface area contributed by atoms with E-state index in [1.54, 1.807) is 11.0 Å². The summed E-state index contributed by atoms with van der Waals surface area (Å²) >= 11 is 4.16. The summed E-state index contributed by atoms with van der Waals surface area (Å²) in [5.74, 6) is -0.264. The van der Waals surface area contributed by atoms with Gasteiger partial charge in [-0.15, -0.1) is 12.6 Å². The zero-order valence-electron chi connectivity index (χ0n) is 11.8. The Kier molecular flexibility index (Phi) is 6.35. The Labute approximate surface area is 120 Å². The topological polar surface area (TPSA) is 20.3 Å². The summed E-state index contributed by atoms with van der Waals surface area (Å²) in [5.41, 5.74) is 0.111. The molecule has 0 aliphatic rings. The van der Waals surface area contributed by atoms with E-state index in [1.165, 1.54) is 12.1 Å². The quantitative estimate of drug-likeness (QED) is 0.782. The van der Waals surface area contributed by atoms with Crippen molar-refractivity contribution >= 4 is 18.5 Å². The molecule has 2 nitrogen and oxygen atoms in total. The summed E-state index contributed by atoms with van der Waals surface area (Å²) in [6, 6.07) is 4.34. The Bertz CT molecular complexity index is 432. The molecule has 1 amide bonds. The van der Waals surface area contributed by atoms with Gasteiger partial charge in [0.1, 0.15) is 5.82 Å². The first-order valence-electron chi connectivity index (χ1n) is 6.81. The van der Waals surface area contributed by atoms with Gasteiger partial charge in [0.15, 0.2) is 0 Å². The van der Waals surface area contributed by atoms with E-state index in [9.17, 15) is 9.18 Å². The fourth-order valence-corrected chi connectivity index (χ4v) is 2.27. The van der Waals surface area contributed by atoms with Crippen LogP contribution in [-0.4, -0.2) is 23.9 Å². The van der Waals surface area contributed by atoms with E-state index in [2.05, 4.69) is 26.5 Å². The van der Waals surface area contributed by atoms with Crippen molar-refractivity contribution in [1.29, 1.82) is 0 Å². The normalized spacial score (nSPS) is 10.8. The minimum absolute atomic E-state index is 0.111. The first-order valence-corrected chi connectivity index (χ1v) is 7.25. The summed E-state index contributed by atoms with van der Waals surface area (Å²) in [6.45, 7) is 7.41. The summed E-state index contributed by atoms with van der Waals surface area (Å²) in [7, 11) is 0. The zero-order chi connectivity index (χ0) is 14.4. The number of carbonyl (C=O) groups excluding carboxylic acids is 1. The molecule has 19 heavy (non-hydrogen) atoms. The molecule has 0 fully saturated rings. The molecule has 0 aliphatic carbocycles. The lowest BCUT2D eigenvalue weighted by atomic mass is 10.0. The lowest BCUT2D eigenvalue weighted by Crippen LogP contribution is -2.35. The van der Waals surface area contributed by atoms with Gasteiger partial charge in [-0.2, -0.15) is 0 Å². The molecule has 0 aliphatic heterocycles. The number of rotatable bonds is 6. The lowest BCUT2D eigenvalue weighted by Gasteiger charge is -2.25. The number of thiol groups is 1. The second-order valence-corrected chi connectivity index (χ2v) is 5.21. The number of hydrogen-bond donors (Lipinski definition) is 1. The van der Waals surface area contributed by atoms with Crippen LogP contribution in [0.15, 0.2) is 23.1 Å². The number of carbonyl (C=O) groups is 1. The maximum atomic E-state index is 13.7. The van der Waals surface area contributed by atoms with Crippen molar-refractivity contribution in [1.82, 2.24) is 4.90 Å². The predicted octanol–water partition coefficient (Wildman–Crippen LogP) is 4.01. The highest BCUT2D eigenvalue weighted by Gasteiger charge is 2.20. The molecule has 1 aromatic carbocycles. The molecule has 0 radical (unpaired) electrons. The molecule has 0 aromatic heterocycles. The first kappa shape index (κ1) is 16.0. The Hall–Kier alpha value is -1.03. The standard InChI is InChI=1S/C15H22FNOS/c1-4-11(5-2)10-17(6-3)15(18)13-9-12(19)7-8-14(13)16/h7-9,11,19H,4-6,10H2,1-3H3. The molecule has 0 saturated carbocycles. The fourth-order valence-electron chi connectivity index (χ4n) is 2.06. The van der Waals surface area contributed by atoms with E-state index in [-0.39, 0.29) is 11.5 Å². The maximum Gasteiger partial charge on any atom is 0.256 e. The van der Waals surface area contributed by atoms with E-state index < -0.39 is 5.82 Å². The summed E-state index contributed by atoms with van der Waals surface area (Å²) in [4.78, 5) is 14.7. The van der Waals surface area contributed by atoms with E-state index in [1.807, 2.05) is 6.92 Å². The Morgan fingerprint density at radius 3 is 2.47 bits per heavy atom. The van der Waals surface area contributed by atoms with Gasteiger partial charge >= 0.3 is 0 Å². The van der Waals surface area contributed by atoms with Gasteiger partial charge in [-0.3, -0.25) is 4.79 Å².